The lowest BCUT2D eigenvalue weighted by Crippen LogP contribution is -2.11. The first-order valence-electron chi connectivity index (χ1n) is 5.81. The third-order valence-electron chi connectivity index (χ3n) is 4.17. The van der Waals surface area contributed by atoms with Gasteiger partial charge in [0, 0.05) is 11.8 Å². The summed E-state index contributed by atoms with van der Waals surface area (Å²) in [6.07, 6.45) is 0. The van der Waals surface area contributed by atoms with E-state index in [0.29, 0.717) is 0 Å². The number of hydrogen-bond donors (Lipinski definition) is 0. The fraction of sp³-hybridized carbons (Fsp3) is 0.429. The Labute approximate surface area is 102 Å². The average molecular weight is 248 g/mol. The van der Waals surface area contributed by atoms with Crippen molar-refractivity contribution in [2.45, 2.75) is 13.8 Å². The lowest BCUT2D eigenvalue weighted by molar-refractivity contribution is 0.601. The fourth-order valence-electron chi connectivity index (χ4n) is 3.53. The van der Waals surface area contributed by atoms with E-state index in [1.165, 1.54) is 11.1 Å². The molecule has 3 heteroatoms. The molecule has 1 heterocycles. The first-order valence-corrected chi connectivity index (χ1v) is 7.63. The van der Waals surface area contributed by atoms with Crippen LogP contribution in [-0.4, -0.2) is 19.9 Å². The zero-order valence-corrected chi connectivity index (χ0v) is 11.0. The minimum Gasteiger partial charge on any atom is -0.228 e. The molecular formula is C14H16O2S. The molecule has 17 heavy (non-hydrogen) atoms. The maximum atomic E-state index is 11.7. The predicted octanol–water partition coefficient (Wildman–Crippen LogP) is 2.42. The number of sulfone groups is 1. The van der Waals surface area contributed by atoms with E-state index in [1.807, 2.05) is 0 Å². The van der Waals surface area contributed by atoms with Gasteiger partial charge in [0.15, 0.2) is 9.84 Å². The van der Waals surface area contributed by atoms with Crippen LogP contribution in [0.1, 0.15) is 13.8 Å². The van der Waals surface area contributed by atoms with Crippen molar-refractivity contribution in [3.63, 3.8) is 0 Å². The van der Waals surface area contributed by atoms with Crippen molar-refractivity contribution in [1.29, 1.82) is 0 Å². The van der Waals surface area contributed by atoms with E-state index >= 15 is 0 Å². The van der Waals surface area contributed by atoms with E-state index in [1.54, 1.807) is 0 Å². The molecule has 2 nitrogen and oxygen atoms in total. The standard InChI is InChI=1S/C14H16O2S/c1-7(2)12-13-8(3)9(4)14(12)11-6-17(15,16)5-10(11)13/h13-14H,3-6H2,1-2H3. The second kappa shape index (κ2) is 3.02. The van der Waals surface area contributed by atoms with Crippen LogP contribution in [0.25, 0.3) is 0 Å². The molecule has 0 saturated heterocycles. The first kappa shape index (κ1) is 11.0. The number of hydrogen-bond acceptors (Lipinski definition) is 2. The van der Waals surface area contributed by atoms with Gasteiger partial charge in [-0.25, -0.2) is 8.42 Å². The highest BCUT2D eigenvalue weighted by Crippen LogP contribution is 2.60. The minimum absolute atomic E-state index is 0.143. The van der Waals surface area contributed by atoms with Crippen molar-refractivity contribution in [3.05, 3.63) is 46.6 Å². The molecule has 0 aromatic heterocycles. The third-order valence-corrected chi connectivity index (χ3v) is 5.67. The van der Waals surface area contributed by atoms with Crippen LogP contribution < -0.4 is 0 Å². The predicted molar refractivity (Wildman–Crippen MR) is 69.3 cm³/mol. The SMILES string of the molecule is C=C1C(=C)C2C3=C(CS(=O)(=O)C3)C1C2=C(C)C. The first-order chi connectivity index (χ1) is 7.83. The van der Waals surface area contributed by atoms with Crippen LogP contribution in [0.5, 0.6) is 0 Å². The summed E-state index contributed by atoms with van der Waals surface area (Å²) in [6, 6.07) is 0. The van der Waals surface area contributed by atoms with E-state index < -0.39 is 9.84 Å². The molecule has 0 aromatic carbocycles. The van der Waals surface area contributed by atoms with Crippen molar-refractivity contribution in [3.8, 4) is 0 Å². The van der Waals surface area contributed by atoms with Crippen molar-refractivity contribution < 1.29 is 8.42 Å². The third kappa shape index (κ3) is 1.23. The summed E-state index contributed by atoms with van der Waals surface area (Å²) < 4.78 is 23.5. The summed E-state index contributed by atoms with van der Waals surface area (Å²) in [4.78, 5) is 0. The molecule has 2 atom stereocenters. The molecule has 3 aliphatic rings. The molecule has 3 rings (SSSR count). The fourth-order valence-corrected chi connectivity index (χ4v) is 5.29. The maximum absolute atomic E-state index is 11.7. The van der Waals surface area contributed by atoms with Crippen LogP contribution in [0, 0.1) is 11.8 Å². The van der Waals surface area contributed by atoms with Gasteiger partial charge in [-0.3, -0.25) is 0 Å². The molecule has 0 N–H and O–H groups in total. The molecule has 2 bridgehead atoms. The van der Waals surface area contributed by atoms with Crippen LogP contribution in [0.4, 0.5) is 0 Å². The normalized spacial score (nSPS) is 33.6. The van der Waals surface area contributed by atoms with Gasteiger partial charge in [0.2, 0.25) is 0 Å². The summed E-state index contributed by atoms with van der Waals surface area (Å²) >= 11 is 0. The van der Waals surface area contributed by atoms with E-state index in [9.17, 15) is 8.42 Å². The van der Waals surface area contributed by atoms with Crippen LogP contribution in [-0.2, 0) is 9.84 Å². The highest BCUT2D eigenvalue weighted by Gasteiger charge is 2.52. The monoisotopic (exact) mass is 248 g/mol. The number of fused-ring (bicyclic) bond motifs is 4. The van der Waals surface area contributed by atoms with Crippen molar-refractivity contribution >= 4 is 9.84 Å². The van der Waals surface area contributed by atoms with Gasteiger partial charge in [-0.2, -0.15) is 0 Å². The van der Waals surface area contributed by atoms with Gasteiger partial charge >= 0.3 is 0 Å². The lowest BCUT2D eigenvalue weighted by atomic mass is 9.87. The summed E-state index contributed by atoms with van der Waals surface area (Å²) in [5.41, 5.74) is 6.89. The Kier molecular flexibility index (Phi) is 1.96. The molecule has 2 unspecified atom stereocenters. The zero-order valence-electron chi connectivity index (χ0n) is 10.2. The molecule has 0 spiro atoms. The van der Waals surface area contributed by atoms with Crippen molar-refractivity contribution in [2.75, 3.05) is 11.5 Å². The number of rotatable bonds is 0. The highest BCUT2D eigenvalue weighted by molar-refractivity contribution is 7.92. The van der Waals surface area contributed by atoms with E-state index in [4.69, 9.17) is 0 Å². The summed E-state index contributed by atoms with van der Waals surface area (Å²) in [5.74, 6) is 0.744. The largest absolute Gasteiger partial charge is 0.228 e. The van der Waals surface area contributed by atoms with Crippen LogP contribution in [0.3, 0.4) is 0 Å². The van der Waals surface area contributed by atoms with Gasteiger partial charge in [-0.1, -0.05) is 18.7 Å². The van der Waals surface area contributed by atoms with Gasteiger partial charge in [0.25, 0.3) is 0 Å². The molecule has 1 fully saturated rings. The average Bonchev–Trinajstić information content (AvgIpc) is 2.72. The topological polar surface area (TPSA) is 34.1 Å². The summed E-state index contributed by atoms with van der Waals surface area (Å²) in [5, 5.41) is 0. The summed E-state index contributed by atoms with van der Waals surface area (Å²) in [6.45, 7) is 12.4. The Bertz CT molecular complexity index is 583. The smallest absolute Gasteiger partial charge is 0.158 e. The number of allylic oxidation sites excluding steroid dienone is 4. The van der Waals surface area contributed by atoms with Gasteiger partial charge in [0.05, 0.1) is 11.5 Å². The van der Waals surface area contributed by atoms with Gasteiger partial charge in [-0.15, -0.1) is 0 Å². The molecule has 2 aliphatic carbocycles. The molecule has 1 aliphatic heterocycles. The molecule has 0 amide bonds. The maximum Gasteiger partial charge on any atom is 0.158 e. The van der Waals surface area contributed by atoms with Gasteiger partial charge < -0.3 is 0 Å². The molecule has 0 aromatic rings. The van der Waals surface area contributed by atoms with Crippen LogP contribution >= 0.6 is 0 Å². The van der Waals surface area contributed by atoms with Crippen LogP contribution in [0.15, 0.2) is 46.6 Å². The van der Waals surface area contributed by atoms with E-state index in [-0.39, 0.29) is 23.3 Å². The molecule has 1 saturated carbocycles. The van der Waals surface area contributed by atoms with Crippen molar-refractivity contribution in [2.24, 2.45) is 11.8 Å². The quantitative estimate of drug-likeness (QED) is 0.617. The van der Waals surface area contributed by atoms with E-state index in [2.05, 4.69) is 27.0 Å². The highest BCUT2D eigenvalue weighted by atomic mass is 32.2. The Balaban J connectivity index is 2.21. The molecule has 0 radical (unpaired) electrons. The Morgan fingerprint density at radius 3 is 1.82 bits per heavy atom. The zero-order chi connectivity index (χ0) is 12.5. The van der Waals surface area contributed by atoms with E-state index in [0.717, 1.165) is 22.3 Å². The second-order valence-electron chi connectivity index (χ2n) is 5.45. The summed E-state index contributed by atoms with van der Waals surface area (Å²) in [7, 11) is -2.91. The minimum atomic E-state index is -2.91. The molecular weight excluding hydrogens is 232 g/mol. The van der Waals surface area contributed by atoms with Crippen molar-refractivity contribution in [1.82, 2.24) is 0 Å². The van der Waals surface area contributed by atoms with Gasteiger partial charge in [-0.05, 0) is 41.7 Å². The molecule has 90 valence electrons. The lowest BCUT2D eigenvalue weighted by Gasteiger charge is -2.16. The van der Waals surface area contributed by atoms with Crippen LogP contribution in [0.2, 0.25) is 0 Å². The van der Waals surface area contributed by atoms with Gasteiger partial charge in [0.1, 0.15) is 0 Å². The Hall–Kier alpha value is -1.09. The Morgan fingerprint density at radius 2 is 1.47 bits per heavy atom. The Morgan fingerprint density at radius 1 is 1.06 bits per heavy atom. The second-order valence-corrected chi connectivity index (χ2v) is 7.52.